The number of Topliss-reactive ketones (excluding diaryl/α,β-unsaturated/α-hetero) is 1. The Morgan fingerprint density at radius 3 is 2.60 bits per heavy atom. The molecular weight excluding hydrogens is 250 g/mol. The third-order valence-corrected chi connectivity index (χ3v) is 5.94. The summed E-state index contributed by atoms with van der Waals surface area (Å²) >= 11 is 0. The van der Waals surface area contributed by atoms with Gasteiger partial charge in [-0.15, -0.1) is 5.10 Å². The third kappa shape index (κ3) is 1.84. The number of hydrogen-bond donors (Lipinski definition) is 0. The molecule has 5 rings (SSSR count). The molecule has 0 amide bonds. The monoisotopic (exact) mass is 273 g/mol. The molecule has 0 aromatic carbocycles. The molecule has 4 aliphatic rings. The molecule has 4 saturated carbocycles. The summed E-state index contributed by atoms with van der Waals surface area (Å²) < 4.78 is 1.68. The highest BCUT2D eigenvalue weighted by Crippen LogP contribution is 2.65. The number of ketones is 1. The number of nitrogens with zero attached hydrogens (tertiary/aromatic N) is 3. The molecule has 0 aliphatic heterocycles. The van der Waals surface area contributed by atoms with Gasteiger partial charge < -0.3 is 0 Å². The molecule has 1 aromatic heterocycles. The van der Waals surface area contributed by atoms with E-state index < -0.39 is 0 Å². The van der Waals surface area contributed by atoms with E-state index in [1.165, 1.54) is 19.3 Å². The molecule has 1 aromatic rings. The van der Waals surface area contributed by atoms with Crippen LogP contribution >= 0.6 is 0 Å². The van der Waals surface area contributed by atoms with Crippen LogP contribution < -0.4 is 0 Å². The molecule has 4 bridgehead atoms. The maximum atomic E-state index is 12.9. The smallest absolute Gasteiger partial charge is 0.145 e. The van der Waals surface area contributed by atoms with Crippen LogP contribution in [0.5, 0.6) is 0 Å². The Labute approximate surface area is 119 Å². The van der Waals surface area contributed by atoms with Crippen molar-refractivity contribution < 1.29 is 4.79 Å². The molecule has 2 unspecified atom stereocenters. The van der Waals surface area contributed by atoms with E-state index in [2.05, 4.69) is 17.2 Å². The summed E-state index contributed by atoms with van der Waals surface area (Å²) in [5, 5.41) is 8.04. The van der Waals surface area contributed by atoms with Crippen LogP contribution in [0.3, 0.4) is 0 Å². The Morgan fingerprint density at radius 1 is 1.35 bits per heavy atom. The normalized spacial score (nSPS) is 42.1. The fraction of sp³-hybridized carbons (Fsp3) is 0.812. The Morgan fingerprint density at radius 2 is 2.05 bits per heavy atom. The third-order valence-electron chi connectivity index (χ3n) is 5.94. The van der Waals surface area contributed by atoms with Gasteiger partial charge in [0.15, 0.2) is 0 Å². The average molecular weight is 273 g/mol. The lowest BCUT2D eigenvalue weighted by atomic mass is 9.43. The van der Waals surface area contributed by atoms with Crippen molar-refractivity contribution in [3.63, 3.8) is 0 Å². The number of carbonyl (C=O) groups is 1. The van der Waals surface area contributed by atoms with Crippen LogP contribution in [-0.2, 0) is 18.3 Å². The van der Waals surface area contributed by atoms with Gasteiger partial charge in [-0.1, -0.05) is 12.1 Å². The van der Waals surface area contributed by atoms with Crippen molar-refractivity contribution in [2.45, 2.75) is 51.9 Å². The lowest BCUT2D eigenvalue weighted by molar-refractivity contribution is -0.152. The van der Waals surface area contributed by atoms with Crippen molar-refractivity contribution in [3.8, 4) is 0 Å². The zero-order valence-corrected chi connectivity index (χ0v) is 12.4. The van der Waals surface area contributed by atoms with Crippen LogP contribution in [0.15, 0.2) is 6.20 Å². The Bertz CT molecular complexity index is 548. The minimum atomic E-state index is -0.0314. The van der Waals surface area contributed by atoms with E-state index in [0.29, 0.717) is 17.6 Å². The second-order valence-electron chi connectivity index (χ2n) is 8.04. The molecule has 0 saturated heterocycles. The molecule has 4 nitrogen and oxygen atoms in total. The summed E-state index contributed by atoms with van der Waals surface area (Å²) in [6.45, 7) is 2.41. The molecule has 0 radical (unpaired) electrons. The predicted octanol–water partition coefficient (Wildman–Crippen LogP) is 2.53. The Balaban J connectivity index is 1.59. The van der Waals surface area contributed by atoms with Crippen molar-refractivity contribution in [3.05, 3.63) is 11.9 Å². The highest BCUT2D eigenvalue weighted by molar-refractivity contribution is 5.87. The van der Waals surface area contributed by atoms with Crippen LogP contribution in [0, 0.1) is 22.7 Å². The van der Waals surface area contributed by atoms with Gasteiger partial charge in [0.25, 0.3) is 0 Å². The van der Waals surface area contributed by atoms with Crippen molar-refractivity contribution >= 4 is 5.78 Å². The minimum absolute atomic E-state index is 0.0314. The second-order valence-corrected chi connectivity index (χ2v) is 8.04. The van der Waals surface area contributed by atoms with Crippen molar-refractivity contribution in [1.29, 1.82) is 0 Å². The molecule has 20 heavy (non-hydrogen) atoms. The van der Waals surface area contributed by atoms with E-state index in [9.17, 15) is 4.79 Å². The van der Waals surface area contributed by atoms with Gasteiger partial charge in [0.05, 0.1) is 12.1 Å². The van der Waals surface area contributed by atoms with Gasteiger partial charge in [-0.3, -0.25) is 9.48 Å². The fourth-order valence-electron chi connectivity index (χ4n) is 5.87. The number of hydrogen-bond acceptors (Lipinski definition) is 3. The van der Waals surface area contributed by atoms with Crippen LogP contribution in [-0.4, -0.2) is 20.8 Å². The van der Waals surface area contributed by atoms with Crippen molar-refractivity contribution in [1.82, 2.24) is 15.0 Å². The number of aromatic nitrogens is 3. The first kappa shape index (κ1) is 12.5. The van der Waals surface area contributed by atoms with Gasteiger partial charge in [0, 0.05) is 18.7 Å². The van der Waals surface area contributed by atoms with Gasteiger partial charge in [-0.05, 0) is 55.8 Å². The highest BCUT2D eigenvalue weighted by Gasteiger charge is 2.58. The van der Waals surface area contributed by atoms with Crippen molar-refractivity contribution in [2.24, 2.45) is 29.7 Å². The van der Waals surface area contributed by atoms with Gasteiger partial charge in [-0.2, -0.15) is 0 Å². The molecule has 4 heteroatoms. The summed E-state index contributed by atoms with van der Waals surface area (Å²) in [5.41, 5.74) is 1.23. The summed E-state index contributed by atoms with van der Waals surface area (Å²) in [4.78, 5) is 12.9. The quantitative estimate of drug-likeness (QED) is 0.850. The molecule has 4 aliphatic carbocycles. The molecule has 2 atom stereocenters. The van der Waals surface area contributed by atoms with E-state index in [1.807, 2.05) is 13.2 Å². The number of aryl methyl sites for hydroxylation is 1. The largest absolute Gasteiger partial charge is 0.299 e. The standard InChI is InChI=1S/C16H23N3O/c1-15-5-11-3-12(6-15)8-16(7-11,10-15)14(20)4-13-9-19(2)18-17-13/h9,11-12H,3-8,10H2,1-2H3. The zero-order chi connectivity index (χ0) is 14.0. The van der Waals surface area contributed by atoms with Crippen LogP contribution in [0.4, 0.5) is 0 Å². The zero-order valence-electron chi connectivity index (χ0n) is 12.4. The lowest BCUT2D eigenvalue weighted by Crippen LogP contribution is -2.54. The fourth-order valence-corrected chi connectivity index (χ4v) is 5.87. The summed E-state index contributed by atoms with van der Waals surface area (Å²) in [5.74, 6) is 2.03. The van der Waals surface area contributed by atoms with Gasteiger partial charge in [0.2, 0.25) is 0 Å². The molecule has 0 N–H and O–H groups in total. The maximum absolute atomic E-state index is 12.9. The molecule has 4 fully saturated rings. The summed E-state index contributed by atoms with van der Waals surface area (Å²) in [7, 11) is 1.85. The van der Waals surface area contributed by atoms with E-state index in [-0.39, 0.29) is 5.41 Å². The maximum Gasteiger partial charge on any atom is 0.145 e. The van der Waals surface area contributed by atoms with E-state index in [1.54, 1.807) is 4.68 Å². The van der Waals surface area contributed by atoms with Gasteiger partial charge in [-0.25, -0.2) is 0 Å². The first-order chi connectivity index (χ1) is 9.46. The number of carbonyl (C=O) groups excluding carboxylic acids is 1. The van der Waals surface area contributed by atoms with Gasteiger partial charge in [0.1, 0.15) is 5.78 Å². The topological polar surface area (TPSA) is 47.8 Å². The van der Waals surface area contributed by atoms with E-state index >= 15 is 0 Å². The van der Waals surface area contributed by atoms with E-state index in [4.69, 9.17) is 0 Å². The molecular formula is C16H23N3O. The summed E-state index contributed by atoms with van der Waals surface area (Å²) in [6, 6.07) is 0. The first-order valence-electron chi connectivity index (χ1n) is 7.85. The van der Waals surface area contributed by atoms with Crippen molar-refractivity contribution in [2.75, 3.05) is 0 Å². The van der Waals surface area contributed by atoms with E-state index in [0.717, 1.165) is 36.8 Å². The lowest BCUT2D eigenvalue weighted by Gasteiger charge is -2.60. The minimum Gasteiger partial charge on any atom is -0.299 e. The SMILES string of the molecule is Cn1cc(CC(=O)C23CC4CC(CC(C)(C4)C2)C3)nn1. The van der Waals surface area contributed by atoms with Crippen LogP contribution in [0.2, 0.25) is 0 Å². The molecule has 0 spiro atoms. The van der Waals surface area contributed by atoms with Crippen LogP contribution in [0.1, 0.15) is 51.1 Å². The Kier molecular flexibility index (Phi) is 2.46. The molecule has 108 valence electrons. The second kappa shape index (κ2) is 3.92. The number of rotatable bonds is 3. The molecule has 1 heterocycles. The Hall–Kier alpha value is -1.19. The first-order valence-corrected chi connectivity index (χ1v) is 7.85. The predicted molar refractivity (Wildman–Crippen MR) is 74.9 cm³/mol. The highest BCUT2D eigenvalue weighted by atomic mass is 16.1. The van der Waals surface area contributed by atoms with Crippen LogP contribution in [0.25, 0.3) is 0 Å². The summed E-state index contributed by atoms with van der Waals surface area (Å²) in [6.07, 6.45) is 9.81. The van der Waals surface area contributed by atoms with Gasteiger partial charge >= 0.3 is 0 Å². The average Bonchev–Trinajstić information content (AvgIpc) is 2.71.